The Morgan fingerprint density at radius 1 is 1.67 bits per heavy atom. The molecule has 0 aromatic carbocycles. The van der Waals surface area contributed by atoms with E-state index in [4.69, 9.17) is 0 Å². The minimum absolute atomic E-state index is 0. The smallest absolute Gasteiger partial charge is 0.303 e. The molecule has 1 aliphatic rings. The van der Waals surface area contributed by atoms with Crippen LogP contribution < -0.4 is 22.7 Å². The van der Waals surface area contributed by atoms with Gasteiger partial charge in [0.1, 0.15) is 0 Å². The molecule has 0 aromatic heterocycles. The highest BCUT2D eigenvalue weighted by Gasteiger charge is 2.09. The summed E-state index contributed by atoms with van der Waals surface area (Å²) < 4.78 is 0. The van der Waals surface area contributed by atoms with Gasteiger partial charge in [-0.1, -0.05) is 0 Å². The van der Waals surface area contributed by atoms with Crippen molar-refractivity contribution in [2.24, 2.45) is 0 Å². The molecule has 2 nitrogen and oxygen atoms in total. The monoisotopic (exact) mass is 166 g/mol. The van der Waals surface area contributed by atoms with E-state index >= 15 is 0 Å². The highest BCUT2D eigenvalue weighted by Crippen LogP contribution is 2.03. The van der Waals surface area contributed by atoms with Gasteiger partial charge in [-0.2, -0.15) is 0 Å². The van der Waals surface area contributed by atoms with E-state index in [-0.39, 0.29) is 12.4 Å². The van der Waals surface area contributed by atoms with Crippen molar-refractivity contribution in [3.8, 4) is 0 Å². The fourth-order valence-electron chi connectivity index (χ4n) is 0.660. The van der Waals surface area contributed by atoms with Crippen molar-refractivity contribution in [3.05, 3.63) is 0 Å². The topological polar surface area (TPSA) is 26.0 Å². The Morgan fingerprint density at radius 3 is 2.78 bits per heavy atom. The van der Waals surface area contributed by atoms with E-state index in [9.17, 15) is 0 Å². The van der Waals surface area contributed by atoms with Crippen molar-refractivity contribution in [3.63, 3.8) is 0 Å². The number of rotatable bonds is 0. The van der Waals surface area contributed by atoms with Crippen LogP contribution in [0.5, 0.6) is 0 Å². The third kappa shape index (κ3) is 2.96. The van der Waals surface area contributed by atoms with E-state index in [1.165, 1.54) is 17.3 Å². The minimum Gasteiger partial charge on any atom is -1.00 e. The van der Waals surface area contributed by atoms with Gasteiger partial charge in [0.15, 0.2) is 0 Å². The lowest BCUT2D eigenvalue weighted by Crippen LogP contribution is -3.00. The molecule has 9 heavy (non-hydrogen) atoms. The van der Waals surface area contributed by atoms with E-state index in [0.29, 0.717) is 0 Å². The summed E-state index contributed by atoms with van der Waals surface area (Å²) in [4.78, 5) is 3.07. The summed E-state index contributed by atoms with van der Waals surface area (Å²) in [6, 6.07) is 0. The van der Waals surface area contributed by atoms with Crippen LogP contribution in [0.2, 0.25) is 0 Å². The van der Waals surface area contributed by atoms with Gasteiger partial charge in [-0.05, 0) is 18.2 Å². The van der Waals surface area contributed by atoms with Crippen LogP contribution in [0.4, 0.5) is 0 Å². The third-order valence-electron chi connectivity index (χ3n) is 1.08. The summed E-state index contributed by atoms with van der Waals surface area (Å²) in [5.74, 6) is 1.25. The van der Waals surface area contributed by atoms with Gasteiger partial charge >= 0.3 is 5.17 Å². The number of halogens is 1. The Hall–Kier alpha value is 0.110. The summed E-state index contributed by atoms with van der Waals surface area (Å²) >= 11 is 1.86. The number of hydrogen-bond acceptors (Lipinski definition) is 1. The maximum Gasteiger partial charge on any atom is 0.303 e. The lowest BCUT2D eigenvalue weighted by atomic mass is 10.5. The molecule has 0 bridgehead atoms. The summed E-state index contributed by atoms with van der Waals surface area (Å²) in [5, 5.41) is 4.46. The molecule has 1 rings (SSSR count). The van der Waals surface area contributed by atoms with Crippen LogP contribution in [-0.2, 0) is 0 Å². The highest BCUT2D eigenvalue weighted by molar-refractivity contribution is 8.13. The van der Waals surface area contributed by atoms with Gasteiger partial charge in [-0.3, -0.25) is 10.3 Å². The molecule has 0 atom stereocenters. The Balaban J connectivity index is 0.000000640. The molecule has 1 aliphatic heterocycles. The van der Waals surface area contributed by atoms with Crippen molar-refractivity contribution in [1.29, 1.82) is 0 Å². The molecule has 0 spiro atoms. The van der Waals surface area contributed by atoms with Crippen LogP contribution >= 0.6 is 11.8 Å². The predicted molar refractivity (Wildman–Crippen MR) is 37.0 cm³/mol. The van der Waals surface area contributed by atoms with Crippen molar-refractivity contribution in [1.82, 2.24) is 5.32 Å². The molecule has 0 amide bonds. The first-order valence-electron chi connectivity index (χ1n) is 2.85. The Morgan fingerprint density at radius 2 is 2.44 bits per heavy atom. The zero-order valence-electron chi connectivity index (χ0n) is 5.41. The van der Waals surface area contributed by atoms with Gasteiger partial charge in [0.25, 0.3) is 0 Å². The molecular weight excluding hydrogens is 156 g/mol. The van der Waals surface area contributed by atoms with Crippen molar-refractivity contribution in [2.75, 3.05) is 19.3 Å². The molecule has 0 radical (unpaired) electrons. The van der Waals surface area contributed by atoms with E-state index in [1.54, 1.807) is 0 Å². The molecule has 1 saturated heterocycles. The van der Waals surface area contributed by atoms with Crippen molar-refractivity contribution in [2.45, 2.75) is 6.42 Å². The fourth-order valence-corrected chi connectivity index (χ4v) is 1.50. The van der Waals surface area contributed by atoms with Crippen LogP contribution in [0.15, 0.2) is 0 Å². The molecule has 0 aromatic rings. The van der Waals surface area contributed by atoms with Crippen LogP contribution in [0.25, 0.3) is 0 Å². The second kappa shape index (κ2) is 4.94. The fraction of sp³-hybridized carbons (Fsp3) is 0.800. The normalized spacial score (nSPS) is 22.6. The summed E-state index contributed by atoms with van der Waals surface area (Å²) in [6.45, 7) is 1.13. The quantitative estimate of drug-likeness (QED) is 0.382. The number of nitrogens with one attached hydrogen (secondary N) is 2. The average molecular weight is 167 g/mol. The Labute approximate surface area is 65.9 Å². The number of thioether (sulfide) groups is 1. The summed E-state index contributed by atoms with van der Waals surface area (Å²) in [7, 11) is 1.95. The SMILES string of the molecule is C[NH+]=C1NCCCS1.[Cl-]. The number of hydrogen-bond donors (Lipinski definition) is 2. The van der Waals surface area contributed by atoms with E-state index in [2.05, 4.69) is 10.3 Å². The molecule has 1 heterocycles. The second-order valence-electron chi connectivity index (χ2n) is 1.71. The maximum atomic E-state index is 3.24. The zero-order valence-corrected chi connectivity index (χ0v) is 6.98. The Kier molecular flexibility index (Phi) is 5.00. The lowest BCUT2D eigenvalue weighted by Gasteiger charge is -2.06. The third-order valence-corrected chi connectivity index (χ3v) is 2.21. The van der Waals surface area contributed by atoms with Gasteiger partial charge in [0, 0.05) is 5.75 Å². The second-order valence-corrected chi connectivity index (χ2v) is 2.81. The molecule has 0 saturated carbocycles. The predicted octanol–water partition coefficient (Wildman–Crippen LogP) is -4.22. The van der Waals surface area contributed by atoms with Gasteiger partial charge < -0.3 is 12.4 Å². The largest absolute Gasteiger partial charge is 1.00 e. The van der Waals surface area contributed by atoms with Crippen LogP contribution in [0.1, 0.15) is 6.42 Å². The molecule has 0 aliphatic carbocycles. The van der Waals surface area contributed by atoms with Gasteiger partial charge in [-0.25, -0.2) is 0 Å². The Bertz CT molecular complexity index is 97.1. The summed E-state index contributed by atoms with van der Waals surface area (Å²) in [5.41, 5.74) is 0. The number of amidine groups is 1. The van der Waals surface area contributed by atoms with Gasteiger partial charge in [-0.15, -0.1) is 0 Å². The maximum absolute atomic E-state index is 3.24. The molecular formula is C5H11ClN2S. The minimum atomic E-state index is 0. The van der Waals surface area contributed by atoms with Gasteiger partial charge in [0.2, 0.25) is 0 Å². The van der Waals surface area contributed by atoms with Crippen LogP contribution in [-0.4, -0.2) is 24.5 Å². The van der Waals surface area contributed by atoms with Crippen LogP contribution in [0, 0.1) is 0 Å². The standard InChI is InChI=1S/C5H10N2S.ClH/c1-6-5-7-3-2-4-8-5;/h2-4H2,1H3,(H,6,7);1H. The highest BCUT2D eigenvalue weighted by atomic mass is 35.5. The zero-order chi connectivity index (χ0) is 5.82. The molecule has 0 unspecified atom stereocenters. The van der Waals surface area contributed by atoms with E-state index in [0.717, 1.165) is 6.54 Å². The van der Waals surface area contributed by atoms with Crippen molar-refractivity contribution < 1.29 is 17.4 Å². The first-order chi connectivity index (χ1) is 3.93. The molecule has 1 fully saturated rings. The first-order valence-corrected chi connectivity index (χ1v) is 3.83. The van der Waals surface area contributed by atoms with E-state index in [1.807, 2.05) is 18.8 Å². The van der Waals surface area contributed by atoms with Crippen molar-refractivity contribution >= 4 is 16.9 Å². The lowest BCUT2D eigenvalue weighted by molar-refractivity contribution is -0.418. The first kappa shape index (κ1) is 9.11. The van der Waals surface area contributed by atoms with Gasteiger partial charge in [0.05, 0.1) is 13.6 Å². The molecule has 54 valence electrons. The average Bonchev–Trinajstić information content (AvgIpc) is 1.90. The molecule has 4 heteroatoms. The molecule has 2 N–H and O–H groups in total. The summed E-state index contributed by atoms with van der Waals surface area (Å²) in [6.07, 6.45) is 1.29. The van der Waals surface area contributed by atoms with E-state index < -0.39 is 0 Å². The van der Waals surface area contributed by atoms with Crippen LogP contribution in [0.3, 0.4) is 0 Å².